The average Bonchev–Trinajstić information content (AvgIpc) is 2.08. The van der Waals surface area contributed by atoms with E-state index in [0.717, 1.165) is 33.5 Å². The molecule has 6 heteroatoms. The van der Waals surface area contributed by atoms with E-state index in [4.69, 9.17) is 13.6 Å². The molecule has 0 spiro atoms. The van der Waals surface area contributed by atoms with Crippen molar-refractivity contribution in [2.75, 3.05) is 19.6 Å². The Morgan fingerprint density at radius 3 is 1.92 bits per heavy atom. The Kier molecular flexibility index (Phi) is 33.4. The number of aliphatic hydroxyl groups is 1. The summed E-state index contributed by atoms with van der Waals surface area (Å²) in [7, 11) is 0. The molecule has 13 heavy (non-hydrogen) atoms. The molecule has 0 radical (unpaired) electrons. The topological polar surface area (TPSA) is 81.6 Å². The van der Waals surface area contributed by atoms with Gasteiger partial charge in [-0.3, -0.25) is 0 Å². The maximum atomic E-state index is 8.25. The molecule has 0 bridgehead atoms. The minimum absolute atomic E-state index is 0.167. The van der Waals surface area contributed by atoms with Gasteiger partial charge in [-0.05, 0) is 20.4 Å². The van der Waals surface area contributed by atoms with Crippen molar-refractivity contribution in [1.82, 2.24) is 10.8 Å². The van der Waals surface area contributed by atoms with Gasteiger partial charge in [-0.2, -0.15) is 0 Å². The molecule has 4 N–H and O–H groups in total. The van der Waals surface area contributed by atoms with Crippen LogP contribution in [0.1, 0.15) is 20.8 Å². The van der Waals surface area contributed by atoms with Crippen LogP contribution in [0.5, 0.6) is 0 Å². The normalized spacial score (nSPS) is 8.08. The van der Waals surface area contributed by atoms with Crippen LogP contribution in [-0.4, -0.2) is 36.1 Å². The summed E-state index contributed by atoms with van der Waals surface area (Å²) in [6, 6.07) is 0. The Hall–Kier alpha value is 0.354. The summed E-state index contributed by atoms with van der Waals surface area (Å²) < 4.78 is 8.25. The second kappa shape index (κ2) is 22.8. The Morgan fingerprint density at radius 2 is 1.69 bits per heavy atom. The summed E-state index contributed by atoms with van der Waals surface area (Å²) in [5.74, 6) is 0. The molecule has 0 saturated heterocycles. The van der Waals surface area contributed by atoms with Crippen LogP contribution < -0.4 is 10.8 Å². The van der Waals surface area contributed by atoms with Crippen molar-refractivity contribution in [1.29, 1.82) is 0 Å². The van der Waals surface area contributed by atoms with Crippen molar-refractivity contribution < 1.29 is 34.0 Å². The van der Waals surface area contributed by atoms with Crippen molar-refractivity contribution in [3.63, 3.8) is 0 Å². The molecular formula is C7H20N2O3Ti. The van der Waals surface area contributed by atoms with E-state index in [9.17, 15) is 0 Å². The van der Waals surface area contributed by atoms with E-state index >= 15 is 0 Å². The fraction of sp³-hybridized carbons (Fsp3) is 1.00. The van der Waals surface area contributed by atoms with E-state index in [-0.39, 0.29) is 6.10 Å². The van der Waals surface area contributed by atoms with Gasteiger partial charge in [0, 0.05) is 19.2 Å². The van der Waals surface area contributed by atoms with E-state index in [1.54, 1.807) is 13.8 Å². The third-order valence-electron chi connectivity index (χ3n) is 0.664. The number of hydrogen-bond acceptors (Lipinski definition) is 5. The van der Waals surface area contributed by atoms with E-state index in [1.165, 1.54) is 0 Å². The Bertz CT molecular complexity index is 70.0. The van der Waals surface area contributed by atoms with Crippen LogP contribution in [0.4, 0.5) is 0 Å². The molecule has 0 saturated carbocycles. The van der Waals surface area contributed by atoms with E-state index in [2.05, 4.69) is 5.32 Å². The molecule has 0 aliphatic heterocycles. The first-order valence-electron chi connectivity index (χ1n) is 4.11. The van der Waals surface area contributed by atoms with Gasteiger partial charge in [0.15, 0.2) is 0 Å². The second-order valence-electron chi connectivity index (χ2n) is 2.36. The number of rotatable bonds is 4. The van der Waals surface area contributed by atoms with Crippen LogP contribution in [0.25, 0.3) is 0 Å². The van der Waals surface area contributed by atoms with Crippen molar-refractivity contribution >= 4 is 0 Å². The summed E-state index contributed by atoms with van der Waals surface area (Å²) in [4.78, 5) is 0. The van der Waals surface area contributed by atoms with Gasteiger partial charge in [0.1, 0.15) is 0 Å². The third-order valence-corrected chi connectivity index (χ3v) is 0.664. The zero-order valence-electron chi connectivity index (χ0n) is 8.50. The Morgan fingerprint density at radius 1 is 1.31 bits per heavy atom. The van der Waals surface area contributed by atoms with Gasteiger partial charge in [-0.15, -0.1) is 0 Å². The van der Waals surface area contributed by atoms with Gasteiger partial charge in [-0.1, -0.05) is 6.92 Å². The molecular weight excluding hydrogens is 208 g/mol. The minimum atomic E-state index is -0.167. The monoisotopic (exact) mass is 228 g/mol. The number of likely N-dealkylation sites (N-methyl/N-ethyl adjacent to an activating group) is 1. The van der Waals surface area contributed by atoms with E-state index in [0.29, 0.717) is 6.54 Å². The van der Waals surface area contributed by atoms with Gasteiger partial charge in [0.2, 0.25) is 0 Å². The van der Waals surface area contributed by atoms with Crippen LogP contribution in [0, 0.1) is 0 Å². The number of aliphatic hydroxyl groups excluding tert-OH is 1. The van der Waals surface area contributed by atoms with Crippen molar-refractivity contribution in [2.45, 2.75) is 26.9 Å². The fourth-order valence-electron chi connectivity index (χ4n) is 0.321. The van der Waals surface area contributed by atoms with E-state index < -0.39 is 0 Å². The summed E-state index contributed by atoms with van der Waals surface area (Å²) in [6.07, 6.45) is -0.167. The van der Waals surface area contributed by atoms with Gasteiger partial charge in [-0.25, -0.2) is 5.48 Å². The van der Waals surface area contributed by atoms with Crippen LogP contribution in [0.15, 0.2) is 0 Å². The molecule has 0 atom stereocenters. The molecule has 0 fully saturated rings. The predicted octanol–water partition coefficient (Wildman–Crippen LogP) is -0.159. The van der Waals surface area contributed by atoms with Gasteiger partial charge in [0.25, 0.3) is 0 Å². The molecule has 0 amide bonds. The zero-order chi connectivity index (χ0) is 11.1. The summed E-state index contributed by atoms with van der Waals surface area (Å²) in [5.41, 5.74) is 2.04. The molecule has 5 nitrogen and oxygen atoms in total. The standard InChI is InChI=1S/C4H12N2O.C3H8O.O.Ti/c1-2-5-3-4-6-7;1-3(2)4;;/h5-7H,2-4H2,1H3;3-4H,1-2H3;;. The van der Waals surface area contributed by atoms with Crippen molar-refractivity contribution in [3.05, 3.63) is 0 Å². The number of hydroxylamine groups is 1. The fourth-order valence-corrected chi connectivity index (χ4v) is 0.321. The molecule has 0 aliphatic carbocycles. The summed E-state index contributed by atoms with van der Waals surface area (Å²) in [6.45, 7) is 7.87. The first-order chi connectivity index (χ1) is 6.15. The van der Waals surface area contributed by atoms with Crippen LogP contribution in [0.2, 0.25) is 0 Å². The molecule has 80 valence electrons. The van der Waals surface area contributed by atoms with Gasteiger partial charge < -0.3 is 15.6 Å². The molecule has 0 heterocycles. The van der Waals surface area contributed by atoms with Crippen molar-refractivity contribution in [2.24, 2.45) is 0 Å². The van der Waals surface area contributed by atoms with Crippen LogP contribution >= 0.6 is 0 Å². The van der Waals surface area contributed by atoms with Gasteiger partial charge >= 0.3 is 23.7 Å². The molecule has 0 rings (SSSR count). The quantitative estimate of drug-likeness (QED) is 0.305. The van der Waals surface area contributed by atoms with Gasteiger partial charge in [0.05, 0.1) is 0 Å². The Labute approximate surface area is 91.6 Å². The molecule has 0 aromatic heterocycles. The first-order valence-corrected chi connectivity index (χ1v) is 4.75. The molecule has 0 aromatic carbocycles. The van der Waals surface area contributed by atoms with Crippen LogP contribution in [0.3, 0.4) is 0 Å². The summed E-state index contributed by atoms with van der Waals surface area (Å²) >= 11 is 0.750. The predicted molar refractivity (Wildman–Crippen MR) is 46.4 cm³/mol. The summed E-state index contributed by atoms with van der Waals surface area (Å²) in [5, 5.41) is 19.1. The SMILES string of the molecule is CC(C)O.CCNCCNO.[O]=[Ti]. The van der Waals surface area contributed by atoms with Crippen molar-refractivity contribution in [3.8, 4) is 0 Å². The third kappa shape index (κ3) is 69.9. The van der Waals surface area contributed by atoms with E-state index in [1.807, 2.05) is 12.4 Å². The first kappa shape index (κ1) is 19.0. The molecule has 0 unspecified atom stereocenters. The molecule has 0 aromatic rings. The number of hydrogen-bond donors (Lipinski definition) is 4. The second-order valence-corrected chi connectivity index (χ2v) is 2.36. The maximum absolute atomic E-state index is 8.25. The van der Waals surface area contributed by atoms with Crippen LogP contribution in [-0.2, 0) is 23.7 Å². The number of nitrogens with one attached hydrogen (secondary N) is 2. The molecule has 0 aliphatic rings. The average molecular weight is 228 g/mol. The Balaban J connectivity index is -0.000000142. The zero-order valence-corrected chi connectivity index (χ0v) is 10.1.